The molecule has 14 heteroatoms. The second kappa shape index (κ2) is 11.1. The van der Waals surface area contributed by atoms with E-state index in [-0.39, 0.29) is 13.0 Å². The van der Waals surface area contributed by atoms with Gasteiger partial charge in [-0.1, -0.05) is 0 Å². The highest BCUT2D eigenvalue weighted by Gasteiger charge is 2.38. The van der Waals surface area contributed by atoms with E-state index in [1.165, 1.54) is 0 Å². The molecular formula is C16H24N4O10. The zero-order chi connectivity index (χ0) is 23.0. The third-order valence-electron chi connectivity index (χ3n) is 4.36. The van der Waals surface area contributed by atoms with Crippen molar-refractivity contribution in [2.24, 2.45) is 5.73 Å². The van der Waals surface area contributed by atoms with Gasteiger partial charge in [-0.3, -0.25) is 24.0 Å². The SMILES string of the molecule is NC(CC(=O)O)C(=O)NC(CC(=O)O)C(=O)NC(CO)C(=O)N1CCCC1C(=O)O. The minimum atomic E-state index is -1.72. The normalized spacial score (nSPS) is 18.7. The van der Waals surface area contributed by atoms with Crippen molar-refractivity contribution in [2.45, 2.75) is 49.9 Å². The summed E-state index contributed by atoms with van der Waals surface area (Å²) < 4.78 is 0. The van der Waals surface area contributed by atoms with Crippen molar-refractivity contribution in [2.75, 3.05) is 13.2 Å². The third kappa shape index (κ3) is 6.97. The highest BCUT2D eigenvalue weighted by Crippen LogP contribution is 2.18. The van der Waals surface area contributed by atoms with Crippen LogP contribution in [0.3, 0.4) is 0 Å². The number of likely N-dealkylation sites (tertiary alicyclic amines) is 1. The quantitative estimate of drug-likeness (QED) is 0.168. The Balaban J connectivity index is 2.88. The van der Waals surface area contributed by atoms with Crippen LogP contribution in [-0.2, 0) is 28.8 Å². The van der Waals surface area contributed by atoms with Gasteiger partial charge in [-0.2, -0.15) is 0 Å². The summed E-state index contributed by atoms with van der Waals surface area (Å²) in [6.45, 7) is -0.804. The number of amides is 3. The first-order valence-corrected chi connectivity index (χ1v) is 8.92. The van der Waals surface area contributed by atoms with Gasteiger partial charge >= 0.3 is 17.9 Å². The van der Waals surface area contributed by atoms with Gasteiger partial charge in [-0.05, 0) is 12.8 Å². The Kier molecular flexibility index (Phi) is 9.14. The number of rotatable bonds is 11. The minimum absolute atomic E-state index is 0.0987. The number of carbonyl (C=O) groups excluding carboxylic acids is 3. The summed E-state index contributed by atoms with van der Waals surface area (Å²) in [5.41, 5.74) is 5.37. The predicted molar refractivity (Wildman–Crippen MR) is 95.8 cm³/mol. The second-order valence-electron chi connectivity index (χ2n) is 6.64. The van der Waals surface area contributed by atoms with Crippen LogP contribution in [0.5, 0.6) is 0 Å². The number of carboxylic acids is 3. The molecule has 0 radical (unpaired) electrons. The summed E-state index contributed by atoms with van der Waals surface area (Å²) in [5.74, 6) is -7.24. The van der Waals surface area contributed by atoms with E-state index in [2.05, 4.69) is 5.32 Å². The van der Waals surface area contributed by atoms with Crippen LogP contribution in [-0.4, -0.2) is 98.3 Å². The van der Waals surface area contributed by atoms with Gasteiger partial charge in [-0.15, -0.1) is 0 Å². The maximum atomic E-state index is 12.5. The summed E-state index contributed by atoms with van der Waals surface area (Å²) in [6, 6.07) is -5.96. The van der Waals surface area contributed by atoms with Gasteiger partial charge in [0.15, 0.2) is 0 Å². The van der Waals surface area contributed by atoms with Crippen LogP contribution in [0.1, 0.15) is 25.7 Å². The molecule has 4 atom stereocenters. The summed E-state index contributed by atoms with van der Waals surface area (Å²) in [7, 11) is 0. The van der Waals surface area contributed by atoms with Gasteiger partial charge in [0.25, 0.3) is 0 Å². The first kappa shape index (κ1) is 24.8. The summed E-state index contributed by atoms with van der Waals surface area (Å²) in [5, 5.41) is 40.3. The number of carbonyl (C=O) groups is 6. The third-order valence-corrected chi connectivity index (χ3v) is 4.36. The first-order chi connectivity index (χ1) is 14.0. The molecule has 0 aliphatic carbocycles. The molecule has 30 heavy (non-hydrogen) atoms. The van der Waals surface area contributed by atoms with Crippen molar-refractivity contribution in [3.63, 3.8) is 0 Å². The van der Waals surface area contributed by atoms with Crippen LogP contribution >= 0.6 is 0 Å². The molecule has 3 amide bonds. The Labute approximate surface area is 170 Å². The van der Waals surface area contributed by atoms with E-state index in [0.29, 0.717) is 6.42 Å². The topological polar surface area (TPSA) is 237 Å². The number of aliphatic hydroxyl groups is 1. The number of hydrogen-bond acceptors (Lipinski definition) is 8. The van der Waals surface area contributed by atoms with Crippen molar-refractivity contribution in [1.82, 2.24) is 15.5 Å². The number of nitrogens with two attached hydrogens (primary N) is 1. The Bertz CT molecular complexity index is 712. The van der Waals surface area contributed by atoms with E-state index in [0.717, 1.165) is 4.90 Å². The molecule has 168 valence electrons. The van der Waals surface area contributed by atoms with E-state index < -0.39 is 79.2 Å². The monoisotopic (exact) mass is 432 g/mol. The minimum Gasteiger partial charge on any atom is -0.481 e. The molecule has 14 nitrogen and oxygen atoms in total. The Morgan fingerprint density at radius 1 is 0.933 bits per heavy atom. The van der Waals surface area contributed by atoms with Crippen molar-refractivity contribution in [3.05, 3.63) is 0 Å². The average Bonchev–Trinajstić information content (AvgIpc) is 3.13. The summed E-state index contributed by atoms with van der Waals surface area (Å²) in [4.78, 5) is 70.7. The fourth-order valence-electron chi connectivity index (χ4n) is 2.89. The number of nitrogens with zero attached hydrogens (tertiary/aromatic N) is 1. The van der Waals surface area contributed by atoms with Gasteiger partial charge in [-0.25, -0.2) is 4.79 Å². The van der Waals surface area contributed by atoms with E-state index >= 15 is 0 Å². The molecule has 0 saturated carbocycles. The molecule has 4 unspecified atom stereocenters. The van der Waals surface area contributed by atoms with E-state index in [9.17, 15) is 33.9 Å². The lowest BCUT2D eigenvalue weighted by Crippen LogP contribution is -2.58. The zero-order valence-corrected chi connectivity index (χ0v) is 15.8. The Hall–Kier alpha value is -3.26. The standard InChI is InChI=1S/C16H24N4O10/c17-7(4-11(22)23)13(26)18-8(5-12(24)25)14(27)19-9(6-21)15(28)20-3-1-2-10(20)16(29)30/h7-10,21H,1-6,17H2,(H,18,26)(H,19,27)(H,22,23)(H,24,25)(H,29,30). The zero-order valence-electron chi connectivity index (χ0n) is 15.8. The Morgan fingerprint density at radius 2 is 1.50 bits per heavy atom. The molecule has 8 N–H and O–H groups in total. The van der Waals surface area contributed by atoms with Gasteiger partial charge in [0.1, 0.15) is 18.1 Å². The van der Waals surface area contributed by atoms with Crippen LogP contribution in [0.15, 0.2) is 0 Å². The molecular weight excluding hydrogens is 408 g/mol. The van der Waals surface area contributed by atoms with Crippen LogP contribution in [0.2, 0.25) is 0 Å². The number of hydrogen-bond donors (Lipinski definition) is 7. The number of carboxylic acid groups (broad SMARTS) is 3. The lowest BCUT2D eigenvalue weighted by molar-refractivity contribution is -0.150. The number of nitrogens with one attached hydrogen (secondary N) is 2. The average molecular weight is 432 g/mol. The van der Waals surface area contributed by atoms with Crippen molar-refractivity contribution < 1.29 is 49.2 Å². The molecule has 0 aromatic heterocycles. The Morgan fingerprint density at radius 3 is 2.00 bits per heavy atom. The van der Waals surface area contributed by atoms with Crippen LogP contribution in [0, 0.1) is 0 Å². The molecule has 1 heterocycles. The fraction of sp³-hybridized carbons (Fsp3) is 0.625. The van der Waals surface area contributed by atoms with Crippen molar-refractivity contribution >= 4 is 35.6 Å². The predicted octanol–water partition coefficient (Wildman–Crippen LogP) is -3.70. The highest BCUT2D eigenvalue weighted by atomic mass is 16.4. The van der Waals surface area contributed by atoms with Gasteiger partial charge < -0.3 is 41.7 Å². The molecule has 0 spiro atoms. The molecule has 1 saturated heterocycles. The molecule has 0 bridgehead atoms. The van der Waals surface area contributed by atoms with Gasteiger partial charge in [0.05, 0.1) is 25.5 Å². The smallest absolute Gasteiger partial charge is 0.326 e. The van der Waals surface area contributed by atoms with E-state index in [4.69, 9.17) is 21.1 Å². The van der Waals surface area contributed by atoms with Gasteiger partial charge in [0, 0.05) is 6.54 Å². The van der Waals surface area contributed by atoms with Crippen LogP contribution in [0.25, 0.3) is 0 Å². The van der Waals surface area contributed by atoms with Crippen molar-refractivity contribution in [1.29, 1.82) is 0 Å². The fourth-order valence-corrected chi connectivity index (χ4v) is 2.89. The van der Waals surface area contributed by atoms with Crippen molar-refractivity contribution in [3.8, 4) is 0 Å². The molecule has 1 aliphatic heterocycles. The molecule has 0 aromatic rings. The summed E-state index contributed by atoms with van der Waals surface area (Å²) in [6.07, 6.45) is -1.07. The van der Waals surface area contributed by atoms with E-state index in [1.54, 1.807) is 0 Å². The molecule has 1 fully saturated rings. The lowest BCUT2D eigenvalue weighted by Gasteiger charge is -2.27. The van der Waals surface area contributed by atoms with Crippen LogP contribution in [0.4, 0.5) is 0 Å². The lowest BCUT2D eigenvalue weighted by atomic mass is 10.1. The second-order valence-corrected chi connectivity index (χ2v) is 6.64. The molecule has 1 aliphatic rings. The number of aliphatic carboxylic acids is 3. The maximum absolute atomic E-state index is 12.5. The largest absolute Gasteiger partial charge is 0.481 e. The molecule has 0 aromatic carbocycles. The van der Waals surface area contributed by atoms with Gasteiger partial charge in [0.2, 0.25) is 17.7 Å². The van der Waals surface area contributed by atoms with E-state index in [1.807, 2.05) is 5.32 Å². The maximum Gasteiger partial charge on any atom is 0.326 e. The first-order valence-electron chi connectivity index (χ1n) is 8.92. The molecule has 1 rings (SSSR count). The number of aliphatic hydroxyl groups excluding tert-OH is 1. The highest BCUT2D eigenvalue weighted by molar-refractivity contribution is 5.96. The summed E-state index contributed by atoms with van der Waals surface area (Å²) >= 11 is 0. The van der Waals surface area contributed by atoms with Crippen LogP contribution < -0.4 is 16.4 Å².